The van der Waals surface area contributed by atoms with Gasteiger partial charge in [-0.2, -0.15) is 13.2 Å². The smallest absolute Gasteiger partial charge is 0.491 e. The van der Waals surface area contributed by atoms with Gasteiger partial charge in [-0.3, -0.25) is 4.98 Å². The molecular formula is C23H14F3N3O4. The maximum atomic E-state index is 12.9. The zero-order valence-electron chi connectivity index (χ0n) is 16.9. The van der Waals surface area contributed by atoms with Crippen LogP contribution >= 0.6 is 0 Å². The number of benzene rings is 2. The van der Waals surface area contributed by atoms with Crippen LogP contribution in [-0.4, -0.2) is 34.2 Å². The molecule has 0 fully saturated rings. The highest BCUT2D eigenvalue weighted by atomic mass is 19.4. The van der Waals surface area contributed by atoms with E-state index in [9.17, 15) is 18.0 Å². The lowest BCUT2D eigenvalue weighted by molar-refractivity contribution is -0.189. The Morgan fingerprint density at radius 2 is 1.88 bits per heavy atom. The number of rotatable bonds is 4. The Labute approximate surface area is 183 Å². The molecule has 0 aliphatic heterocycles. The fraction of sp³-hybridized carbons (Fsp3) is 0.0870. The highest BCUT2D eigenvalue weighted by molar-refractivity contribution is 5.92. The van der Waals surface area contributed by atoms with E-state index in [4.69, 9.17) is 9.15 Å². The molecule has 33 heavy (non-hydrogen) atoms. The summed E-state index contributed by atoms with van der Waals surface area (Å²) in [5.41, 5.74) is 2.38. The van der Waals surface area contributed by atoms with E-state index in [0.29, 0.717) is 22.6 Å². The number of H-pyrrole nitrogens is 1. The van der Waals surface area contributed by atoms with Crippen molar-refractivity contribution in [2.24, 2.45) is 0 Å². The van der Waals surface area contributed by atoms with E-state index in [-0.39, 0.29) is 17.0 Å². The Morgan fingerprint density at radius 3 is 2.64 bits per heavy atom. The van der Waals surface area contributed by atoms with E-state index < -0.39 is 17.9 Å². The number of carbonyl (C=O) groups excluding carboxylic acids is 1. The average Bonchev–Trinajstić information content (AvgIpc) is 3.42. The molecule has 0 aliphatic carbocycles. The minimum atomic E-state index is -5.18. The summed E-state index contributed by atoms with van der Waals surface area (Å²) >= 11 is 0. The predicted octanol–water partition coefficient (Wildman–Crippen LogP) is 5.51. The SMILES string of the molecule is COc1cncc(-c2cc(OC(=O)C(F)(F)F)c3nc(-c4cc5ccccc5[nH]4)oc3c2)c1. The molecule has 166 valence electrons. The molecular weight excluding hydrogens is 439 g/mol. The van der Waals surface area contributed by atoms with Crippen molar-refractivity contribution in [2.75, 3.05) is 7.11 Å². The Morgan fingerprint density at radius 1 is 1.06 bits per heavy atom. The molecule has 0 aliphatic rings. The molecule has 3 heterocycles. The number of hydrogen-bond donors (Lipinski definition) is 1. The average molecular weight is 453 g/mol. The van der Waals surface area contributed by atoms with E-state index in [0.717, 1.165) is 10.9 Å². The van der Waals surface area contributed by atoms with Gasteiger partial charge in [-0.25, -0.2) is 9.78 Å². The van der Waals surface area contributed by atoms with Crippen LogP contribution in [0.3, 0.4) is 0 Å². The summed E-state index contributed by atoms with van der Waals surface area (Å²) in [7, 11) is 1.46. The van der Waals surface area contributed by atoms with Crippen LogP contribution in [0.1, 0.15) is 0 Å². The fourth-order valence-electron chi connectivity index (χ4n) is 3.39. The molecule has 0 amide bonds. The zero-order valence-corrected chi connectivity index (χ0v) is 16.9. The first-order chi connectivity index (χ1) is 15.8. The van der Waals surface area contributed by atoms with Gasteiger partial charge in [0.05, 0.1) is 13.3 Å². The van der Waals surface area contributed by atoms with Gasteiger partial charge < -0.3 is 18.9 Å². The second-order valence-corrected chi connectivity index (χ2v) is 7.11. The highest BCUT2D eigenvalue weighted by Gasteiger charge is 2.42. The van der Waals surface area contributed by atoms with Gasteiger partial charge in [0.15, 0.2) is 16.8 Å². The van der Waals surface area contributed by atoms with Crippen molar-refractivity contribution < 1.29 is 31.9 Å². The first kappa shape index (κ1) is 20.6. The van der Waals surface area contributed by atoms with Gasteiger partial charge in [0.1, 0.15) is 11.4 Å². The van der Waals surface area contributed by atoms with E-state index in [2.05, 4.69) is 19.7 Å². The van der Waals surface area contributed by atoms with Gasteiger partial charge in [0, 0.05) is 22.7 Å². The molecule has 0 atom stereocenters. The van der Waals surface area contributed by atoms with Gasteiger partial charge in [-0.05, 0) is 35.9 Å². The summed E-state index contributed by atoms with van der Waals surface area (Å²) in [5.74, 6) is -2.18. The van der Waals surface area contributed by atoms with Crippen molar-refractivity contribution in [3.63, 3.8) is 0 Å². The Kier molecular flexibility index (Phi) is 4.77. The molecule has 0 spiro atoms. The number of oxazole rings is 1. The molecule has 2 aromatic carbocycles. The molecule has 0 saturated carbocycles. The normalized spacial score (nSPS) is 11.8. The number of hydrogen-bond acceptors (Lipinski definition) is 6. The second-order valence-electron chi connectivity index (χ2n) is 7.11. The standard InChI is InChI=1S/C23H14F3N3O4/c1-31-15-6-14(10-27-11-15)13-8-18-20(19(9-13)33-22(30)23(24,25)26)29-21(32-18)17-7-12-4-2-3-5-16(12)28-17/h2-11,28H,1H3. The topological polar surface area (TPSA) is 90.2 Å². The van der Waals surface area contributed by atoms with Crippen molar-refractivity contribution in [2.45, 2.75) is 6.18 Å². The maximum absolute atomic E-state index is 12.9. The summed E-state index contributed by atoms with van der Waals surface area (Å²) < 4.78 is 54.4. The number of carbonyl (C=O) groups is 1. The molecule has 1 N–H and O–H groups in total. The third kappa shape index (κ3) is 3.86. The lowest BCUT2D eigenvalue weighted by atomic mass is 10.1. The Bertz CT molecular complexity index is 1470. The van der Waals surface area contributed by atoms with Crippen LogP contribution in [0.15, 0.2) is 65.3 Å². The third-order valence-electron chi connectivity index (χ3n) is 4.94. The number of alkyl halides is 3. The van der Waals surface area contributed by atoms with Crippen LogP contribution in [-0.2, 0) is 4.79 Å². The molecule has 0 unspecified atom stereocenters. The largest absolute Gasteiger partial charge is 0.495 e. The third-order valence-corrected chi connectivity index (χ3v) is 4.94. The number of pyridine rings is 1. The van der Waals surface area contributed by atoms with Crippen molar-refractivity contribution in [1.82, 2.24) is 15.0 Å². The molecule has 7 nitrogen and oxygen atoms in total. The summed E-state index contributed by atoms with van der Waals surface area (Å²) in [6, 6.07) is 13.8. The van der Waals surface area contributed by atoms with Crippen molar-refractivity contribution >= 4 is 28.0 Å². The quantitative estimate of drug-likeness (QED) is 0.285. The number of methoxy groups -OCH3 is 1. The summed E-state index contributed by atoms with van der Waals surface area (Å²) in [6.07, 6.45) is -2.20. The van der Waals surface area contributed by atoms with E-state index in [1.165, 1.54) is 25.6 Å². The van der Waals surface area contributed by atoms with E-state index >= 15 is 0 Å². The second kappa shape index (κ2) is 7.66. The van der Waals surface area contributed by atoms with Gasteiger partial charge in [-0.15, -0.1) is 0 Å². The first-order valence-electron chi connectivity index (χ1n) is 9.63. The Hall–Kier alpha value is -4.34. The molecule has 0 bridgehead atoms. The minimum Gasteiger partial charge on any atom is -0.495 e. The number of para-hydroxylation sites is 1. The molecule has 5 rings (SSSR count). The van der Waals surface area contributed by atoms with Gasteiger partial charge in [0.25, 0.3) is 0 Å². The van der Waals surface area contributed by atoms with Gasteiger partial charge in [-0.1, -0.05) is 18.2 Å². The van der Waals surface area contributed by atoms with Crippen molar-refractivity contribution in [1.29, 1.82) is 0 Å². The predicted molar refractivity (Wildman–Crippen MR) is 113 cm³/mol. The van der Waals surface area contributed by atoms with Gasteiger partial charge >= 0.3 is 12.1 Å². The molecule has 10 heteroatoms. The van der Waals surface area contributed by atoms with Crippen LogP contribution in [0.2, 0.25) is 0 Å². The van der Waals surface area contributed by atoms with Crippen molar-refractivity contribution in [3.05, 3.63) is 60.9 Å². The van der Waals surface area contributed by atoms with Gasteiger partial charge in [0.2, 0.25) is 5.89 Å². The number of fused-ring (bicyclic) bond motifs is 2. The summed E-state index contributed by atoms with van der Waals surface area (Å²) in [6.45, 7) is 0. The van der Waals surface area contributed by atoms with E-state index in [1.54, 1.807) is 18.2 Å². The monoisotopic (exact) mass is 453 g/mol. The van der Waals surface area contributed by atoms with Crippen LogP contribution in [0, 0.1) is 0 Å². The number of esters is 1. The zero-order chi connectivity index (χ0) is 23.2. The number of aromatic amines is 1. The van der Waals surface area contributed by atoms with Crippen molar-refractivity contribution in [3.8, 4) is 34.2 Å². The highest BCUT2D eigenvalue weighted by Crippen LogP contribution is 2.37. The van der Waals surface area contributed by atoms with Crippen LogP contribution < -0.4 is 9.47 Å². The maximum Gasteiger partial charge on any atom is 0.491 e. The number of halogens is 3. The summed E-state index contributed by atoms with van der Waals surface area (Å²) in [4.78, 5) is 23.1. The molecule has 0 saturated heterocycles. The van der Waals surface area contributed by atoms with Crippen LogP contribution in [0.5, 0.6) is 11.5 Å². The molecule has 0 radical (unpaired) electrons. The van der Waals surface area contributed by atoms with E-state index in [1.807, 2.05) is 24.3 Å². The van der Waals surface area contributed by atoms with Crippen LogP contribution in [0.25, 0.3) is 44.7 Å². The molecule has 5 aromatic rings. The molecule has 3 aromatic heterocycles. The Balaban J connectivity index is 1.67. The van der Waals surface area contributed by atoms with Crippen LogP contribution in [0.4, 0.5) is 13.2 Å². The summed E-state index contributed by atoms with van der Waals surface area (Å²) in [5, 5.41) is 0.904. The number of aromatic nitrogens is 3. The lowest BCUT2D eigenvalue weighted by Crippen LogP contribution is -2.28. The fourth-order valence-corrected chi connectivity index (χ4v) is 3.39. The lowest BCUT2D eigenvalue weighted by Gasteiger charge is -2.09. The number of nitrogens with one attached hydrogen (secondary N) is 1. The number of nitrogens with zero attached hydrogens (tertiary/aromatic N) is 2. The number of ether oxygens (including phenoxy) is 2. The minimum absolute atomic E-state index is 0.0270. The first-order valence-corrected chi connectivity index (χ1v) is 9.63.